The van der Waals surface area contributed by atoms with Crippen molar-refractivity contribution in [3.05, 3.63) is 77.7 Å². The zero-order chi connectivity index (χ0) is 27.1. The molecule has 1 amide bonds. The van der Waals surface area contributed by atoms with Gasteiger partial charge < -0.3 is 24.4 Å². The van der Waals surface area contributed by atoms with Crippen molar-refractivity contribution in [2.45, 2.75) is 39.3 Å². The molecule has 0 spiro atoms. The molecule has 40 heavy (non-hydrogen) atoms. The number of aryl methyl sites for hydroxylation is 1. The van der Waals surface area contributed by atoms with Crippen LogP contribution in [0.25, 0.3) is 22.5 Å². The Bertz CT molecular complexity index is 1500. The second kappa shape index (κ2) is 11.3. The van der Waals surface area contributed by atoms with Gasteiger partial charge in [0.25, 0.3) is 5.91 Å². The van der Waals surface area contributed by atoms with E-state index in [0.29, 0.717) is 30.0 Å². The Labute approximate surface area is 240 Å². The van der Waals surface area contributed by atoms with Crippen LogP contribution in [0.5, 0.6) is 5.75 Å². The smallest absolute Gasteiger partial charge is 0.258 e. The number of ether oxygens (including phenoxy) is 1. The van der Waals surface area contributed by atoms with Gasteiger partial charge in [0.15, 0.2) is 0 Å². The highest BCUT2D eigenvalue weighted by Gasteiger charge is 2.30. The minimum Gasteiger partial charge on any atom is -0.495 e. The fourth-order valence-electron chi connectivity index (χ4n) is 5.92. The summed E-state index contributed by atoms with van der Waals surface area (Å²) in [5, 5.41) is 7.51. The number of hydrogen-bond donors (Lipinski definition) is 1. The highest BCUT2D eigenvalue weighted by atomic mass is 35.5. The van der Waals surface area contributed by atoms with Gasteiger partial charge in [0.1, 0.15) is 5.75 Å². The molecule has 1 fully saturated rings. The maximum Gasteiger partial charge on any atom is 0.258 e. The normalized spacial score (nSPS) is 18.3. The molecular formula is C31H34ClN5O3. The molecule has 208 valence electrons. The second-order valence-corrected chi connectivity index (χ2v) is 10.6. The summed E-state index contributed by atoms with van der Waals surface area (Å²) in [5.74, 6) is 1.45. The van der Waals surface area contributed by atoms with E-state index in [1.54, 1.807) is 7.11 Å². The average molecular weight is 560 g/mol. The molecular weight excluding hydrogens is 526 g/mol. The molecule has 3 aromatic carbocycles. The Morgan fingerprint density at radius 1 is 1.00 bits per heavy atom. The third-order valence-electron chi connectivity index (χ3n) is 7.71. The largest absolute Gasteiger partial charge is 0.495 e. The summed E-state index contributed by atoms with van der Waals surface area (Å²) in [7, 11) is 1.72. The van der Waals surface area contributed by atoms with Gasteiger partial charge in [-0.25, -0.2) is 0 Å². The Kier molecular flexibility index (Phi) is 7.83. The van der Waals surface area contributed by atoms with Crippen LogP contribution in [0.1, 0.15) is 35.3 Å². The van der Waals surface area contributed by atoms with E-state index in [0.717, 1.165) is 64.5 Å². The Hall–Kier alpha value is -3.88. The highest BCUT2D eigenvalue weighted by Crippen LogP contribution is 2.40. The van der Waals surface area contributed by atoms with Crippen molar-refractivity contribution in [1.29, 1.82) is 0 Å². The molecule has 0 saturated carbocycles. The molecule has 2 aliphatic heterocycles. The van der Waals surface area contributed by atoms with Crippen LogP contribution < -0.4 is 19.9 Å². The van der Waals surface area contributed by atoms with E-state index in [4.69, 9.17) is 9.26 Å². The maximum absolute atomic E-state index is 13.7. The molecule has 3 heterocycles. The minimum atomic E-state index is 0. The molecule has 2 aliphatic rings. The zero-order valence-corrected chi connectivity index (χ0v) is 24.0. The molecule has 0 bridgehead atoms. The van der Waals surface area contributed by atoms with E-state index >= 15 is 0 Å². The molecule has 2 atom stereocenters. The van der Waals surface area contributed by atoms with Crippen LogP contribution >= 0.6 is 12.4 Å². The van der Waals surface area contributed by atoms with Crippen molar-refractivity contribution in [3.8, 4) is 28.3 Å². The van der Waals surface area contributed by atoms with Crippen LogP contribution in [0, 0.1) is 6.92 Å². The van der Waals surface area contributed by atoms with Gasteiger partial charge >= 0.3 is 0 Å². The van der Waals surface area contributed by atoms with E-state index in [9.17, 15) is 4.79 Å². The van der Waals surface area contributed by atoms with Crippen LogP contribution in [0.3, 0.4) is 0 Å². The van der Waals surface area contributed by atoms with Gasteiger partial charge in [0, 0.05) is 48.5 Å². The lowest BCUT2D eigenvalue weighted by molar-refractivity contribution is 0.0989. The van der Waals surface area contributed by atoms with E-state index in [2.05, 4.69) is 59.3 Å². The number of rotatable bonds is 5. The van der Waals surface area contributed by atoms with Gasteiger partial charge in [0.05, 0.1) is 12.8 Å². The van der Waals surface area contributed by atoms with Crippen LogP contribution in [-0.4, -0.2) is 54.9 Å². The van der Waals surface area contributed by atoms with Crippen molar-refractivity contribution in [2.75, 3.05) is 36.5 Å². The SMILES string of the molecule is COc1cc2c(cc1N1C[C@@H](C)N[C@@H](C)C1)N(C(=O)c1ccc(-c3ccc(-c4ncon4)cc3C)cc1)CC2.Cl. The lowest BCUT2D eigenvalue weighted by atomic mass is 9.97. The van der Waals surface area contributed by atoms with Crippen LogP contribution in [-0.2, 0) is 6.42 Å². The molecule has 1 aromatic heterocycles. The van der Waals surface area contributed by atoms with Crippen LogP contribution in [0.2, 0.25) is 0 Å². The summed E-state index contributed by atoms with van der Waals surface area (Å²) in [4.78, 5) is 22.1. The molecule has 4 aromatic rings. The van der Waals surface area contributed by atoms with Crippen molar-refractivity contribution in [1.82, 2.24) is 15.5 Å². The summed E-state index contributed by atoms with van der Waals surface area (Å²) in [5.41, 5.74) is 8.01. The van der Waals surface area contributed by atoms with Gasteiger partial charge in [-0.3, -0.25) is 4.79 Å². The highest BCUT2D eigenvalue weighted by molar-refractivity contribution is 6.08. The topological polar surface area (TPSA) is 83.7 Å². The summed E-state index contributed by atoms with van der Waals surface area (Å²) in [6, 6.07) is 19.0. The molecule has 9 heteroatoms. The standard InChI is InChI=1S/C31H33N5O3.ClH/c1-19-13-25(30-32-18-39-34-30)9-10-26(19)22-5-7-23(8-6-22)31(37)36-12-11-24-14-29(38-4)28(15-27(24)36)35-16-20(2)33-21(3)17-35;/h5-10,13-15,18,20-21,33H,11-12,16-17H2,1-4H3;1H/t20-,21+;. The first-order chi connectivity index (χ1) is 18.9. The third kappa shape index (κ3) is 5.17. The van der Waals surface area contributed by atoms with Gasteiger partial charge in [0.2, 0.25) is 12.2 Å². The van der Waals surface area contributed by atoms with Gasteiger partial charge in [-0.2, -0.15) is 4.98 Å². The number of carbonyl (C=O) groups is 1. The predicted octanol–water partition coefficient (Wildman–Crippen LogP) is 5.53. The Balaban J connectivity index is 0.00000323. The van der Waals surface area contributed by atoms with E-state index < -0.39 is 0 Å². The monoisotopic (exact) mass is 559 g/mol. The number of hydrogen-bond acceptors (Lipinski definition) is 7. The van der Waals surface area contributed by atoms with E-state index in [1.807, 2.05) is 41.3 Å². The fraction of sp³-hybridized carbons (Fsp3) is 0.323. The summed E-state index contributed by atoms with van der Waals surface area (Å²) < 4.78 is 10.7. The molecule has 0 radical (unpaired) electrons. The number of amides is 1. The number of methoxy groups -OCH3 is 1. The number of benzene rings is 3. The van der Waals surface area contributed by atoms with Crippen molar-refractivity contribution in [3.63, 3.8) is 0 Å². The number of carbonyl (C=O) groups excluding carboxylic acids is 1. The van der Waals surface area contributed by atoms with Crippen molar-refractivity contribution >= 4 is 29.7 Å². The first-order valence-corrected chi connectivity index (χ1v) is 13.4. The summed E-state index contributed by atoms with van der Waals surface area (Å²) in [6.07, 6.45) is 2.15. The first kappa shape index (κ1) is 27.7. The van der Waals surface area contributed by atoms with Crippen LogP contribution in [0.4, 0.5) is 11.4 Å². The molecule has 8 nitrogen and oxygen atoms in total. The lowest BCUT2D eigenvalue weighted by Gasteiger charge is -2.38. The quantitative estimate of drug-likeness (QED) is 0.344. The number of nitrogens with zero attached hydrogens (tertiary/aromatic N) is 4. The molecule has 6 rings (SSSR count). The molecule has 1 saturated heterocycles. The fourth-order valence-corrected chi connectivity index (χ4v) is 5.92. The predicted molar refractivity (Wildman–Crippen MR) is 160 cm³/mol. The lowest BCUT2D eigenvalue weighted by Crippen LogP contribution is -2.54. The average Bonchev–Trinajstić information content (AvgIpc) is 3.62. The van der Waals surface area contributed by atoms with E-state index in [1.165, 1.54) is 6.39 Å². The molecule has 1 N–H and O–H groups in total. The van der Waals surface area contributed by atoms with Crippen molar-refractivity contribution in [2.24, 2.45) is 0 Å². The minimum absolute atomic E-state index is 0. The van der Waals surface area contributed by atoms with Crippen molar-refractivity contribution < 1.29 is 14.1 Å². The number of piperazine rings is 1. The Morgan fingerprint density at radius 3 is 2.38 bits per heavy atom. The molecule has 0 unspecified atom stereocenters. The van der Waals surface area contributed by atoms with Gasteiger partial charge in [-0.1, -0.05) is 29.4 Å². The van der Waals surface area contributed by atoms with E-state index in [-0.39, 0.29) is 18.3 Å². The summed E-state index contributed by atoms with van der Waals surface area (Å²) in [6.45, 7) is 8.91. The first-order valence-electron chi connectivity index (χ1n) is 13.4. The summed E-state index contributed by atoms with van der Waals surface area (Å²) >= 11 is 0. The number of anilines is 2. The van der Waals surface area contributed by atoms with Gasteiger partial charge in [-0.05, 0) is 79.8 Å². The number of aromatic nitrogens is 2. The number of nitrogens with one attached hydrogen (secondary N) is 1. The van der Waals surface area contributed by atoms with Crippen LogP contribution in [0.15, 0.2) is 65.5 Å². The van der Waals surface area contributed by atoms with Gasteiger partial charge in [-0.15, -0.1) is 12.4 Å². The third-order valence-corrected chi connectivity index (χ3v) is 7.71. The number of fused-ring (bicyclic) bond motifs is 1. The Morgan fingerprint density at radius 2 is 1.73 bits per heavy atom. The molecule has 0 aliphatic carbocycles. The second-order valence-electron chi connectivity index (χ2n) is 10.6. The zero-order valence-electron chi connectivity index (χ0n) is 23.2. The number of halogens is 1. The maximum atomic E-state index is 13.7.